The topological polar surface area (TPSA) is 30.7 Å². The summed E-state index contributed by atoms with van der Waals surface area (Å²) < 4.78 is 2.28. The van der Waals surface area contributed by atoms with Crippen molar-refractivity contribution < 1.29 is 0 Å². The zero-order valence-corrected chi connectivity index (χ0v) is 32.0. The van der Waals surface area contributed by atoms with Crippen molar-refractivity contribution in [3.8, 4) is 50.6 Å². The summed E-state index contributed by atoms with van der Waals surface area (Å²) in [7, 11) is 0. The fourth-order valence-corrected chi connectivity index (χ4v) is 9.08. The molecule has 0 atom stereocenters. The lowest BCUT2D eigenvalue weighted by Crippen LogP contribution is -2.04. The Morgan fingerprint density at radius 1 is 0.288 bits per heavy atom. The van der Waals surface area contributed by atoms with Crippen LogP contribution in [0.2, 0.25) is 0 Å². The lowest BCUT2D eigenvalue weighted by Gasteiger charge is -2.17. The molecule has 0 amide bonds. The van der Waals surface area contributed by atoms with Gasteiger partial charge >= 0.3 is 0 Å². The van der Waals surface area contributed by atoms with Crippen molar-refractivity contribution in [1.82, 2.24) is 14.5 Å². The van der Waals surface area contributed by atoms with Crippen LogP contribution in [-0.4, -0.2) is 14.5 Å². The van der Waals surface area contributed by atoms with Crippen molar-refractivity contribution in [2.75, 3.05) is 0 Å². The highest BCUT2D eigenvalue weighted by molar-refractivity contribution is 6.15. The lowest BCUT2D eigenvalue weighted by molar-refractivity contribution is 1.01. The van der Waals surface area contributed by atoms with Gasteiger partial charge in [0.05, 0.1) is 22.2 Å². The lowest BCUT2D eigenvalue weighted by atomic mass is 9.91. The van der Waals surface area contributed by atoms with Crippen molar-refractivity contribution in [2.24, 2.45) is 0 Å². The highest BCUT2D eigenvalue weighted by Gasteiger charge is 2.21. The second kappa shape index (κ2) is 13.4. The first kappa shape index (κ1) is 33.3. The van der Waals surface area contributed by atoms with Crippen LogP contribution in [0.3, 0.4) is 0 Å². The predicted molar refractivity (Wildman–Crippen MR) is 248 cm³/mol. The SMILES string of the molecule is c1ccc(-c2cc3nc(-n4c5ccc(-c6ccc7ccccc7c6)cc5c5cc6ccccc6cc54)nc(-c4cccc5ccccc45)c3cc2-c2ccccc2)cc1. The molecule has 10 aromatic carbocycles. The maximum atomic E-state index is 5.65. The summed E-state index contributed by atoms with van der Waals surface area (Å²) in [6, 6.07) is 76.4. The van der Waals surface area contributed by atoms with Crippen LogP contribution < -0.4 is 0 Å². The molecular formula is C56H35N3. The molecule has 12 rings (SSSR count). The fourth-order valence-electron chi connectivity index (χ4n) is 9.08. The van der Waals surface area contributed by atoms with Crippen molar-refractivity contribution >= 4 is 65.0 Å². The van der Waals surface area contributed by atoms with E-state index in [1.165, 1.54) is 43.4 Å². The van der Waals surface area contributed by atoms with Gasteiger partial charge in [0.1, 0.15) is 0 Å². The van der Waals surface area contributed by atoms with Crippen LogP contribution in [-0.2, 0) is 0 Å². The number of hydrogen-bond donors (Lipinski definition) is 0. The third-order valence-electron chi connectivity index (χ3n) is 12.0. The summed E-state index contributed by atoms with van der Waals surface area (Å²) in [6.07, 6.45) is 0. The fraction of sp³-hybridized carbons (Fsp3) is 0. The summed E-state index contributed by atoms with van der Waals surface area (Å²) in [5.41, 5.74) is 11.9. The Labute approximate surface area is 341 Å². The van der Waals surface area contributed by atoms with E-state index in [0.29, 0.717) is 5.95 Å². The number of nitrogens with zero attached hydrogens (tertiary/aromatic N) is 3. The van der Waals surface area contributed by atoms with E-state index < -0.39 is 0 Å². The molecule has 0 aliphatic rings. The molecule has 0 aliphatic heterocycles. The van der Waals surface area contributed by atoms with Gasteiger partial charge in [-0.05, 0) is 108 Å². The molecule has 0 fully saturated rings. The van der Waals surface area contributed by atoms with Crippen LogP contribution in [0, 0.1) is 0 Å². The molecule has 2 aromatic heterocycles. The standard InChI is InChI=1S/C56H35N3/c1-3-15-38(16-4-1)47-34-51-52(35-48(47)39-17-5-2-6-18-39)57-56(58-55(51)46-25-13-23-37-19-11-12-24-45(37)46)59-53-29-28-44(43-27-26-36-14-7-8-20-40(36)30-43)32-49(53)50-31-41-21-9-10-22-42(41)33-54(50)59/h1-35H. The van der Waals surface area contributed by atoms with Gasteiger partial charge in [0, 0.05) is 21.7 Å². The first-order valence-corrected chi connectivity index (χ1v) is 20.1. The largest absolute Gasteiger partial charge is 0.278 e. The van der Waals surface area contributed by atoms with Gasteiger partial charge in [-0.3, -0.25) is 4.57 Å². The van der Waals surface area contributed by atoms with Crippen molar-refractivity contribution in [2.45, 2.75) is 0 Å². The van der Waals surface area contributed by atoms with Gasteiger partial charge in [-0.25, -0.2) is 9.97 Å². The maximum absolute atomic E-state index is 5.65. The number of aromatic nitrogens is 3. The van der Waals surface area contributed by atoms with E-state index in [4.69, 9.17) is 9.97 Å². The van der Waals surface area contributed by atoms with E-state index in [-0.39, 0.29) is 0 Å². The Kier molecular flexibility index (Phi) is 7.54. The van der Waals surface area contributed by atoms with Gasteiger partial charge < -0.3 is 0 Å². The summed E-state index contributed by atoms with van der Waals surface area (Å²) in [5.74, 6) is 0.639. The summed E-state index contributed by atoms with van der Waals surface area (Å²) in [4.78, 5) is 11.2. The van der Waals surface area contributed by atoms with Crippen LogP contribution in [0.15, 0.2) is 212 Å². The van der Waals surface area contributed by atoms with Crippen LogP contribution >= 0.6 is 0 Å². The summed E-state index contributed by atoms with van der Waals surface area (Å²) in [6.45, 7) is 0. The van der Waals surface area contributed by atoms with E-state index in [9.17, 15) is 0 Å². The van der Waals surface area contributed by atoms with E-state index in [2.05, 4.69) is 217 Å². The minimum absolute atomic E-state index is 0.639. The van der Waals surface area contributed by atoms with Crippen LogP contribution in [0.4, 0.5) is 0 Å². The van der Waals surface area contributed by atoms with Gasteiger partial charge in [0.25, 0.3) is 0 Å². The first-order valence-electron chi connectivity index (χ1n) is 20.1. The Morgan fingerprint density at radius 2 is 0.864 bits per heavy atom. The smallest absolute Gasteiger partial charge is 0.235 e. The molecule has 2 heterocycles. The predicted octanol–water partition coefficient (Wildman–Crippen LogP) is 14.9. The van der Waals surface area contributed by atoms with Gasteiger partial charge in [-0.2, -0.15) is 0 Å². The molecule has 3 heteroatoms. The molecule has 59 heavy (non-hydrogen) atoms. The van der Waals surface area contributed by atoms with Crippen molar-refractivity contribution in [3.05, 3.63) is 212 Å². The molecule has 0 N–H and O–H groups in total. The molecule has 274 valence electrons. The second-order valence-corrected chi connectivity index (χ2v) is 15.4. The molecule has 0 saturated carbocycles. The Morgan fingerprint density at radius 3 is 1.63 bits per heavy atom. The normalized spacial score (nSPS) is 11.7. The maximum Gasteiger partial charge on any atom is 0.235 e. The molecule has 0 aliphatic carbocycles. The average molecular weight is 750 g/mol. The minimum atomic E-state index is 0.639. The first-order chi connectivity index (χ1) is 29.2. The molecule has 0 unspecified atom stereocenters. The van der Waals surface area contributed by atoms with Crippen LogP contribution in [0.1, 0.15) is 0 Å². The van der Waals surface area contributed by atoms with Crippen LogP contribution in [0.25, 0.3) is 116 Å². The van der Waals surface area contributed by atoms with E-state index in [0.717, 1.165) is 66.2 Å². The average Bonchev–Trinajstić information content (AvgIpc) is 3.62. The Bertz CT molecular complexity index is 3600. The number of benzene rings is 10. The quantitative estimate of drug-likeness (QED) is 0.175. The second-order valence-electron chi connectivity index (χ2n) is 15.4. The highest BCUT2D eigenvalue weighted by atomic mass is 15.2. The Hall–Kier alpha value is -7.88. The monoisotopic (exact) mass is 749 g/mol. The van der Waals surface area contributed by atoms with E-state index in [1.54, 1.807) is 0 Å². The minimum Gasteiger partial charge on any atom is -0.278 e. The molecular weight excluding hydrogens is 715 g/mol. The summed E-state index contributed by atoms with van der Waals surface area (Å²) >= 11 is 0. The molecule has 0 spiro atoms. The third kappa shape index (κ3) is 5.51. The highest BCUT2D eigenvalue weighted by Crippen LogP contribution is 2.42. The van der Waals surface area contributed by atoms with E-state index in [1.807, 2.05) is 0 Å². The number of hydrogen-bond acceptors (Lipinski definition) is 2. The number of fused-ring (bicyclic) bond motifs is 7. The number of rotatable bonds is 5. The van der Waals surface area contributed by atoms with Gasteiger partial charge in [-0.1, -0.05) is 170 Å². The van der Waals surface area contributed by atoms with Crippen LogP contribution in [0.5, 0.6) is 0 Å². The van der Waals surface area contributed by atoms with Crippen molar-refractivity contribution in [1.29, 1.82) is 0 Å². The third-order valence-corrected chi connectivity index (χ3v) is 12.0. The zero-order chi connectivity index (χ0) is 38.9. The van der Waals surface area contributed by atoms with Gasteiger partial charge in [0.15, 0.2) is 0 Å². The van der Waals surface area contributed by atoms with Gasteiger partial charge in [-0.15, -0.1) is 0 Å². The van der Waals surface area contributed by atoms with E-state index >= 15 is 0 Å². The molecule has 0 radical (unpaired) electrons. The molecule has 0 saturated heterocycles. The molecule has 12 aromatic rings. The molecule has 3 nitrogen and oxygen atoms in total. The van der Waals surface area contributed by atoms with Crippen molar-refractivity contribution in [3.63, 3.8) is 0 Å². The molecule has 0 bridgehead atoms. The Balaban J connectivity index is 1.19. The zero-order valence-electron chi connectivity index (χ0n) is 32.0. The van der Waals surface area contributed by atoms with Gasteiger partial charge in [0.2, 0.25) is 5.95 Å². The summed E-state index contributed by atoms with van der Waals surface area (Å²) in [5, 5.41) is 10.5.